The molecule has 0 aromatic carbocycles. The van der Waals surface area contributed by atoms with E-state index in [9.17, 15) is 0 Å². The number of nitrogens with zero attached hydrogens (tertiary/aromatic N) is 3. The molecule has 2 aromatic heterocycles. The van der Waals surface area contributed by atoms with Crippen LogP contribution in [0.15, 0.2) is 5.16 Å². The fourth-order valence-corrected chi connectivity index (χ4v) is 4.50. The minimum atomic E-state index is 0.517. The molecule has 23 heavy (non-hydrogen) atoms. The maximum Gasteiger partial charge on any atom is 0.191 e. The highest BCUT2D eigenvalue weighted by atomic mass is 32.2. The molecule has 1 aliphatic carbocycles. The number of thioether (sulfide) groups is 1. The van der Waals surface area contributed by atoms with Crippen molar-refractivity contribution in [1.29, 1.82) is 0 Å². The van der Waals surface area contributed by atoms with Gasteiger partial charge in [0.2, 0.25) is 0 Å². The second kappa shape index (κ2) is 8.15. The number of nitrogens with two attached hydrogens (primary N) is 1. The Morgan fingerprint density at radius 1 is 1.17 bits per heavy atom. The number of nitrogen functional groups attached to an aromatic ring is 1. The molecule has 1 fully saturated rings. The summed E-state index contributed by atoms with van der Waals surface area (Å²) in [7, 11) is 0. The van der Waals surface area contributed by atoms with E-state index in [2.05, 4.69) is 22.2 Å². The van der Waals surface area contributed by atoms with Gasteiger partial charge in [0.15, 0.2) is 21.8 Å². The topological polar surface area (TPSA) is 76.7 Å². The monoisotopic (exact) mass is 351 g/mol. The van der Waals surface area contributed by atoms with Crippen molar-refractivity contribution in [3.05, 3.63) is 0 Å². The fourth-order valence-electron chi connectivity index (χ4n) is 2.94. The zero-order valence-corrected chi connectivity index (χ0v) is 15.3. The summed E-state index contributed by atoms with van der Waals surface area (Å²) in [6.45, 7) is 2.22. The van der Waals surface area contributed by atoms with Crippen molar-refractivity contribution in [2.24, 2.45) is 0 Å². The Balaban J connectivity index is 1.78. The number of unbranched alkanes of at least 4 members (excludes halogenated alkanes) is 2. The van der Waals surface area contributed by atoms with Crippen LogP contribution in [0.25, 0.3) is 10.3 Å². The number of anilines is 2. The molecule has 0 amide bonds. The Hall–Kier alpha value is -1.08. The summed E-state index contributed by atoms with van der Waals surface area (Å²) in [5.41, 5.74) is 6.62. The maximum absolute atomic E-state index is 5.89. The zero-order chi connectivity index (χ0) is 16.1. The van der Waals surface area contributed by atoms with E-state index in [0.717, 1.165) is 27.1 Å². The van der Waals surface area contributed by atoms with Gasteiger partial charge >= 0.3 is 0 Å². The molecule has 0 bridgehead atoms. The lowest BCUT2D eigenvalue weighted by atomic mass is 9.95. The molecular formula is C16H25N5S2. The first-order chi connectivity index (χ1) is 11.3. The highest BCUT2D eigenvalue weighted by Gasteiger charge is 2.18. The van der Waals surface area contributed by atoms with Gasteiger partial charge in [-0.3, -0.25) is 0 Å². The average Bonchev–Trinajstić information content (AvgIpc) is 2.93. The van der Waals surface area contributed by atoms with Crippen LogP contribution in [0, 0.1) is 0 Å². The summed E-state index contributed by atoms with van der Waals surface area (Å²) in [6.07, 6.45) is 10.1. The number of rotatable bonds is 7. The highest BCUT2D eigenvalue weighted by molar-refractivity contribution is 7.99. The third kappa shape index (κ3) is 4.47. The molecule has 0 radical (unpaired) electrons. The molecule has 7 heteroatoms. The minimum Gasteiger partial charge on any atom is -0.375 e. The van der Waals surface area contributed by atoms with Gasteiger partial charge in [-0.25, -0.2) is 15.0 Å². The molecule has 3 N–H and O–H groups in total. The van der Waals surface area contributed by atoms with Crippen molar-refractivity contribution in [3.63, 3.8) is 0 Å². The molecule has 1 aliphatic rings. The van der Waals surface area contributed by atoms with Crippen LogP contribution >= 0.6 is 23.1 Å². The van der Waals surface area contributed by atoms with Crippen LogP contribution in [-0.4, -0.2) is 26.7 Å². The standard InChI is InChI=1S/C16H25N5S2/c1-2-3-7-10-22-16-20-13(18-11-8-5-4-6-9-11)12-14(21-16)19-15(17)23-12/h11H,2-10H2,1H3,(H3,17,18,19,20,21). The van der Waals surface area contributed by atoms with Crippen LogP contribution in [0.4, 0.5) is 10.9 Å². The first-order valence-electron chi connectivity index (χ1n) is 8.59. The van der Waals surface area contributed by atoms with Gasteiger partial charge in [-0.05, 0) is 19.3 Å². The summed E-state index contributed by atoms with van der Waals surface area (Å²) >= 11 is 3.20. The van der Waals surface area contributed by atoms with Gasteiger partial charge in [0, 0.05) is 11.8 Å². The van der Waals surface area contributed by atoms with Crippen molar-refractivity contribution in [3.8, 4) is 0 Å². The summed E-state index contributed by atoms with van der Waals surface area (Å²) in [4.78, 5) is 13.7. The zero-order valence-electron chi connectivity index (χ0n) is 13.7. The molecule has 2 heterocycles. The molecule has 5 nitrogen and oxygen atoms in total. The molecule has 0 atom stereocenters. The molecule has 3 rings (SSSR count). The smallest absolute Gasteiger partial charge is 0.191 e. The largest absolute Gasteiger partial charge is 0.375 e. The van der Waals surface area contributed by atoms with Gasteiger partial charge in [0.25, 0.3) is 0 Å². The van der Waals surface area contributed by atoms with Crippen molar-refractivity contribution in [2.75, 3.05) is 16.8 Å². The number of fused-ring (bicyclic) bond motifs is 1. The SMILES string of the molecule is CCCCCSc1nc(NC2CCCCC2)c2sc(N)nc2n1. The van der Waals surface area contributed by atoms with Gasteiger partial charge in [-0.15, -0.1) is 0 Å². The molecule has 2 aromatic rings. The highest BCUT2D eigenvalue weighted by Crippen LogP contribution is 2.32. The van der Waals surface area contributed by atoms with Crippen LogP contribution in [-0.2, 0) is 0 Å². The molecule has 1 saturated carbocycles. The van der Waals surface area contributed by atoms with E-state index >= 15 is 0 Å². The molecule has 0 aliphatic heterocycles. The van der Waals surface area contributed by atoms with Crippen molar-refractivity contribution < 1.29 is 0 Å². The van der Waals surface area contributed by atoms with Crippen LogP contribution in [0.1, 0.15) is 58.3 Å². The Kier molecular flexibility index (Phi) is 5.94. The second-order valence-electron chi connectivity index (χ2n) is 6.09. The van der Waals surface area contributed by atoms with Gasteiger partial charge in [0.1, 0.15) is 4.70 Å². The van der Waals surface area contributed by atoms with E-state index in [4.69, 9.17) is 10.7 Å². The minimum absolute atomic E-state index is 0.517. The molecule has 0 saturated heterocycles. The number of nitrogens with one attached hydrogen (secondary N) is 1. The Bertz CT molecular complexity index is 637. The molecular weight excluding hydrogens is 326 g/mol. The normalized spacial score (nSPS) is 16.0. The van der Waals surface area contributed by atoms with Crippen molar-refractivity contribution >= 4 is 44.4 Å². The van der Waals surface area contributed by atoms with E-state index in [1.807, 2.05) is 0 Å². The van der Waals surface area contributed by atoms with Crippen LogP contribution in [0.2, 0.25) is 0 Å². The van der Waals surface area contributed by atoms with Crippen molar-refractivity contribution in [2.45, 2.75) is 69.5 Å². The van der Waals surface area contributed by atoms with Crippen LogP contribution in [0.3, 0.4) is 0 Å². The Morgan fingerprint density at radius 2 is 2.00 bits per heavy atom. The third-order valence-corrected chi connectivity index (χ3v) is 5.99. The van der Waals surface area contributed by atoms with Crippen molar-refractivity contribution in [1.82, 2.24) is 15.0 Å². The van der Waals surface area contributed by atoms with Gasteiger partial charge in [0.05, 0.1) is 0 Å². The first-order valence-corrected chi connectivity index (χ1v) is 10.4. The summed E-state index contributed by atoms with van der Waals surface area (Å²) in [6, 6.07) is 0.517. The molecule has 0 spiro atoms. The number of thiazole rings is 1. The Labute approximate surface area is 145 Å². The molecule has 0 unspecified atom stereocenters. The number of hydrogen-bond donors (Lipinski definition) is 2. The van der Waals surface area contributed by atoms with E-state index in [1.54, 1.807) is 11.8 Å². The van der Waals surface area contributed by atoms with Gasteiger partial charge in [-0.2, -0.15) is 0 Å². The van der Waals surface area contributed by atoms with Crippen LogP contribution < -0.4 is 11.1 Å². The fraction of sp³-hybridized carbons (Fsp3) is 0.688. The predicted octanol–water partition coefficient (Wildman–Crippen LogP) is 4.70. The van der Waals surface area contributed by atoms with Gasteiger partial charge in [-0.1, -0.05) is 62.1 Å². The summed E-state index contributed by atoms with van der Waals surface area (Å²) in [5, 5.41) is 5.01. The van der Waals surface area contributed by atoms with Gasteiger partial charge < -0.3 is 11.1 Å². The van der Waals surface area contributed by atoms with Crippen LogP contribution in [0.5, 0.6) is 0 Å². The Morgan fingerprint density at radius 3 is 2.78 bits per heavy atom. The third-order valence-electron chi connectivity index (χ3n) is 4.17. The van der Waals surface area contributed by atoms with E-state index < -0.39 is 0 Å². The average molecular weight is 352 g/mol. The van der Waals surface area contributed by atoms with E-state index in [0.29, 0.717) is 11.2 Å². The summed E-state index contributed by atoms with van der Waals surface area (Å²) in [5.74, 6) is 1.98. The lowest BCUT2D eigenvalue weighted by molar-refractivity contribution is 0.462. The quantitative estimate of drug-likeness (QED) is 0.428. The maximum atomic E-state index is 5.89. The first kappa shape index (κ1) is 16.8. The lowest BCUT2D eigenvalue weighted by Crippen LogP contribution is -2.23. The molecule has 126 valence electrons. The van der Waals surface area contributed by atoms with E-state index in [1.165, 1.54) is 62.7 Å². The second-order valence-corrected chi connectivity index (χ2v) is 8.19. The van der Waals surface area contributed by atoms with E-state index in [-0.39, 0.29) is 0 Å². The number of hydrogen-bond acceptors (Lipinski definition) is 7. The summed E-state index contributed by atoms with van der Waals surface area (Å²) < 4.78 is 0.992. The predicted molar refractivity (Wildman–Crippen MR) is 100 cm³/mol. The number of aromatic nitrogens is 3. The lowest BCUT2D eigenvalue weighted by Gasteiger charge is -2.23.